The number of amides is 2. The topological polar surface area (TPSA) is 111 Å². The molecule has 2 aromatic rings. The number of nitrogens with zero attached hydrogens (tertiary/aromatic N) is 1. The minimum atomic E-state index is -0.623. The van der Waals surface area contributed by atoms with Crippen molar-refractivity contribution in [3.8, 4) is 5.75 Å². The first kappa shape index (κ1) is 28.2. The van der Waals surface area contributed by atoms with Gasteiger partial charge in [0.1, 0.15) is 11.7 Å². The fourth-order valence-corrected chi connectivity index (χ4v) is 3.58. The second-order valence-corrected chi connectivity index (χ2v) is 8.45. The first-order valence-electron chi connectivity index (χ1n) is 12.0. The quantitative estimate of drug-likeness (QED) is 0.454. The Hall–Kier alpha value is -4.07. The summed E-state index contributed by atoms with van der Waals surface area (Å²) >= 11 is 0. The summed E-state index contributed by atoms with van der Waals surface area (Å²) in [5.41, 5.74) is 1.43. The summed E-state index contributed by atoms with van der Waals surface area (Å²) in [4.78, 5) is 39.4. The number of ketones is 1. The van der Waals surface area contributed by atoms with Crippen molar-refractivity contribution in [3.05, 3.63) is 83.7 Å². The molecular weight excluding hydrogens is 456 g/mol. The van der Waals surface area contributed by atoms with Gasteiger partial charge in [-0.3, -0.25) is 14.4 Å². The molecule has 3 rings (SSSR count). The van der Waals surface area contributed by atoms with Gasteiger partial charge in [0.15, 0.2) is 5.75 Å². The molecule has 2 amide bonds. The predicted molar refractivity (Wildman–Crippen MR) is 142 cm³/mol. The highest BCUT2D eigenvalue weighted by Gasteiger charge is 2.26. The summed E-state index contributed by atoms with van der Waals surface area (Å²) in [6.45, 7) is 7.76. The summed E-state index contributed by atoms with van der Waals surface area (Å²) in [6, 6.07) is 13.5. The molecule has 2 aromatic carbocycles. The molecule has 0 aromatic heterocycles. The van der Waals surface area contributed by atoms with Crippen molar-refractivity contribution in [1.29, 1.82) is 0 Å². The smallest absolute Gasteiger partial charge is 0.257 e. The van der Waals surface area contributed by atoms with Crippen LogP contribution in [0.4, 0.5) is 5.69 Å². The van der Waals surface area contributed by atoms with Crippen molar-refractivity contribution in [2.24, 2.45) is 5.92 Å². The maximum absolute atomic E-state index is 13.0. The Morgan fingerprint density at radius 3 is 2.36 bits per heavy atom. The molecule has 0 radical (unpaired) electrons. The number of phenolic OH excluding ortho intramolecular Hbond substituents is 1. The van der Waals surface area contributed by atoms with Gasteiger partial charge in [0.2, 0.25) is 11.7 Å². The van der Waals surface area contributed by atoms with E-state index in [9.17, 15) is 19.5 Å². The van der Waals surface area contributed by atoms with E-state index >= 15 is 0 Å². The van der Waals surface area contributed by atoms with Crippen molar-refractivity contribution >= 4 is 23.3 Å². The third kappa shape index (κ3) is 6.97. The van der Waals surface area contributed by atoms with Crippen LogP contribution in [0.15, 0.2) is 72.6 Å². The Bertz CT molecular complexity index is 1130. The van der Waals surface area contributed by atoms with Gasteiger partial charge in [0.25, 0.3) is 5.91 Å². The standard InChI is InChI=1S/C26H30N4O4.C2H6/c1-16-13-14-22(31)21(29-20-12-8-11-19(24(20)32)26(34)30(3)4)15-27-23(16)25(33)28-17(2)18-9-6-5-7-10-18;1-2/h5-17,23,27,29,32H,1-4H3,(H,28,33);1-2H3/b14-13+,21-15?;. The van der Waals surface area contributed by atoms with Gasteiger partial charge < -0.3 is 26.0 Å². The van der Waals surface area contributed by atoms with Crippen LogP contribution in [-0.2, 0) is 9.59 Å². The van der Waals surface area contributed by atoms with Crippen LogP contribution in [0.5, 0.6) is 5.75 Å². The maximum Gasteiger partial charge on any atom is 0.257 e. The molecule has 1 heterocycles. The molecule has 36 heavy (non-hydrogen) atoms. The molecule has 192 valence electrons. The number of phenols is 1. The average molecular weight is 493 g/mol. The summed E-state index contributed by atoms with van der Waals surface area (Å²) in [5, 5.41) is 19.5. The van der Waals surface area contributed by atoms with Crippen LogP contribution in [0.2, 0.25) is 0 Å². The first-order chi connectivity index (χ1) is 17.2. The van der Waals surface area contributed by atoms with Gasteiger partial charge in [-0.15, -0.1) is 0 Å². The van der Waals surface area contributed by atoms with Crippen LogP contribution < -0.4 is 16.0 Å². The third-order valence-corrected chi connectivity index (χ3v) is 5.63. The van der Waals surface area contributed by atoms with Gasteiger partial charge in [0, 0.05) is 26.2 Å². The van der Waals surface area contributed by atoms with Crippen LogP contribution in [0.3, 0.4) is 0 Å². The van der Waals surface area contributed by atoms with Crippen LogP contribution in [-0.4, -0.2) is 47.7 Å². The number of carbonyl (C=O) groups excluding carboxylic acids is 3. The number of hydrogen-bond donors (Lipinski definition) is 4. The maximum atomic E-state index is 13.0. The number of allylic oxidation sites excluding steroid dienone is 1. The second-order valence-electron chi connectivity index (χ2n) is 8.45. The van der Waals surface area contributed by atoms with E-state index in [0.29, 0.717) is 0 Å². The van der Waals surface area contributed by atoms with E-state index in [1.807, 2.05) is 58.0 Å². The normalized spacial score (nSPS) is 18.6. The summed E-state index contributed by atoms with van der Waals surface area (Å²) in [7, 11) is 3.17. The van der Waals surface area contributed by atoms with Crippen LogP contribution in [0.1, 0.15) is 49.7 Å². The zero-order valence-corrected chi connectivity index (χ0v) is 21.7. The highest BCUT2D eigenvalue weighted by molar-refractivity contribution is 6.07. The number of benzene rings is 2. The molecule has 8 nitrogen and oxygen atoms in total. The molecule has 8 heteroatoms. The molecule has 1 aliphatic rings. The molecule has 1 aliphatic heterocycles. The Labute approximate surface area is 213 Å². The fraction of sp³-hybridized carbons (Fsp3) is 0.321. The van der Waals surface area contributed by atoms with E-state index in [2.05, 4.69) is 16.0 Å². The van der Waals surface area contributed by atoms with Crippen LogP contribution in [0, 0.1) is 5.92 Å². The molecule has 0 saturated carbocycles. The number of rotatable bonds is 6. The molecule has 3 unspecified atom stereocenters. The first-order valence-corrected chi connectivity index (χ1v) is 12.0. The molecule has 0 fully saturated rings. The molecule has 0 spiro atoms. The molecule has 4 N–H and O–H groups in total. The van der Waals surface area contributed by atoms with E-state index in [-0.39, 0.29) is 52.3 Å². The van der Waals surface area contributed by atoms with Crippen molar-refractivity contribution in [2.45, 2.75) is 39.8 Å². The lowest BCUT2D eigenvalue weighted by Crippen LogP contribution is -2.47. The van der Waals surface area contributed by atoms with Gasteiger partial charge in [-0.1, -0.05) is 63.2 Å². The number of hydrogen-bond acceptors (Lipinski definition) is 6. The Morgan fingerprint density at radius 2 is 1.72 bits per heavy atom. The molecule has 0 bridgehead atoms. The summed E-state index contributed by atoms with van der Waals surface area (Å²) in [6.07, 6.45) is 4.50. The van der Waals surface area contributed by atoms with Gasteiger partial charge in [-0.2, -0.15) is 0 Å². The third-order valence-electron chi connectivity index (χ3n) is 5.63. The van der Waals surface area contributed by atoms with E-state index < -0.39 is 6.04 Å². The zero-order valence-electron chi connectivity index (χ0n) is 21.7. The van der Waals surface area contributed by atoms with Crippen molar-refractivity contribution in [1.82, 2.24) is 15.5 Å². The van der Waals surface area contributed by atoms with Gasteiger partial charge >= 0.3 is 0 Å². The zero-order chi connectivity index (χ0) is 26.8. The van der Waals surface area contributed by atoms with Gasteiger partial charge in [-0.25, -0.2) is 0 Å². The van der Waals surface area contributed by atoms with Crippen molar-refractivity contribution in [2.75, 3.05) is 19.4 Å². The monoisotopic (exact) mass is 492 g/mol. The minimum absolute atomic E-state index is 0.109. The number of para-hydroxylation sites is 1. The van der Waals surface area contributed by atoms with E-state index in [4.69, 9.17) is 0 Å². The second kappa shape index (κ2) is 13.1. The number of nitrogens with one attached hydrogen (secondary N) is 3. The largest absolute Gasteiger partial charge is 0.505 e. The molecular formula is C28H36N4O4. The Balaban J connectivity index is 0.00000222. The minimum Gasteiger partial charge on any atom is -0.505 e. The Morgan fingerprint density at radius 1 is 1.06 bits per heavy atom. The van der Waals surface area contributed by atoms with Gasteiger partial charge in [-0.05, 0) is 30.7 Å². The van der Waals surface area contributed by atoms with Gasteiger partial charge in [0.05, 0.1) is 17.3 Å². The fourth-order valence-electron chi connectivity index (χ4n) is 3.58. The van der Waals surface area contributed by atoms with Crippen molar-refractivity contribution < 1.29 is 19.5 Å². The number of carbonyl (C=O) groups is 3. The molecule has 0 aliphatic carbocycles. The number of aromatic hydroxyl groups is 1. The summed E-state index contributed by atoms with van der Waals surface area (Å²) in [5.74, 6) is -1.42. The predicted octanol–water partition coefficient (Wildman–Crippen LogP) is 3.98. The van der Waals surface area contributed by atoms with E-state index in [1.54, 1.807) is 32.3 Å². The highest BCUT2D eigenvalue weighted by Crippen LogP contribution is 2.29. The van der Waals surface area contributed by atoms with Crippen LogP contribution in [0.25, 0.3) is 0 Å². The van der Waals surface area contributed by atoms with Crippen molar-refractivity contribution in [3.63, 3.8) is 0 Å². The van der Waals surface area contributed by atoms with E-state index in [1.165, 1.54) is 23.2 Å². The lowest BCUT2D eigenvalue weighted by atomic mass is 9.97. The van der Waals surface area contributed by atoms with Crippen LogP contribution >= 0.6 is 0 Å². The lowest BCUT2D eigenvalue weighted by molar-refractivity contribution is -0.124. The number of anilines is 1. The average Bonchev–Trinajstić information content (AvgIpc) is 2.88. The molecule has 0 saturated heterocycles. The summed E-state index contributed by atoms with van der Waals surface area (Å²) < 4.78 is 0. The SMILES string of the molecule is CC.CC(NC(=O)C1NC=C(Nc2cccc(C(=O)N(C)C)c2O)C(=O)/C=C/C1C)c1ccccc1. The molecule has 3 atom stereocenters. The Kier molecular flexibility index (Phi) is 10.3. The highest BCUT2D eigenvalue weighted by atomic mass is 16.3. The lowest BCUT2D eigenvalue weighted by Gasteiger charge is -2.26. The van der Waals surface area contributed by atoms with E-state index in [0.717, 1.165) is 5.56 Å².